The fourth-order valence-corrected chi connectivity index (χ4v) is 2.48. The third kappa shape index (κ3) is 4.56. The first-order valence-corrected chi connectivity index (χ1v) is 8.50. The van der Waals surface area contributed by atoms with Gasteiger partial charge in [-0.1, -0.05) is 6.07 Å². The topological polar surface area (TPSA) is 88.2 Å². The molecule has 1 aromatic carbocycles. The fourth-order valence-electron chi connectivity index (χ4n) is 1.86. The second kappa shape index (κ2) is 6.57. The van der Waals surface area contributed by atoms with E-state index in [2.05, 4.69) is 15.0 Å². The first-order valence-electron chi connectivity index (χ1n) is 6.61. The normalized spacial score (nSPS) is 11.0. The number of hydrogen-bond acceptors (Lipinski definition) is 4. The number of nitrogens with one attached hydrogen (secondary N) is 2. The molecule has 0 aliphatic heterocycles. The summed E-state index contributed by atoms with van der Waals surface area (Å²) in [6, 6.07) is 8.51. The molecule has 116 valence electrons. The van der Waals surface area contributed by atoms with Crippen molar-refractivity contribution in [2.75, 3.05) is 11.0 Å². The molecule has 0 spiro atoms. The average molecular weight is 319 g/mol. The second-order valence-electron chi connectivity index (χ2n) is 4.94. The number of pyridine rings is 1. The number of carbonyl (C=O) groups excluding carboxylic acids is 1. The van der Waals surface area contributed by atoms with Crippen molar-refractivity contribution in [1.29, 1.82) is 0 Å². The highest BCUT2D eigenvalue weighted by molar-refractivity contribution is 7.92. The van der Waals surface area contributed by atoms with Gasteiger partial charge in [-0.05, 0) is 42.3 Å². The van der Waals surface area contributed by atoms with E-state index in [9.17, 15) is 13.2 Å². The number of aromatic nitrogens is 1. The highest BCUT2D eigenvalue weighted by Gasteiger charge is 2.10. The van der Waals surface area contributed by atoms with Gasteiger partial charge in [-0.25, -0.2) is 8.42 Å². The summed E-state index contributed by atoms with van der Waals surface area (Å²) >= 11 is 0. The largest absolute Gasteiger partial charge is 0.348 e. The minimum absolute atomic E-state index is 0.270. The second-order valence-corrected chi connectivity index (χ2v) is 6.69. The van der Waals surface area contributed by atoms with Crippen molar-refractivity contribution in [1.82, 2.24) is 10.3 Å². The fraction of sp³-hybridized carbons (Fsp3) is 0.200. The van der Waals surface area contributed by atoms with E-state index in [0.717, 1.165) is 17.4 Å². The predicted octanol–water partition coefficient (Wildman–Crippen LogP) is 1.69. The molecule has 1 heterocycles. The number of amides is 1. The number of anilines is 1. The molecular weight excluding hydrogens is 302 g/mol. The van der Waals surface area contributed by atoms with Crippen LogP contribution in [0.2, 0.25) is 0 Å². The lowest BCUT2D eigenvalue weighted by Crippen LogP contribution is -2.23. The molecule has 0 radical (unpaired) electrons. The lowest BCUT2D eigenvalue weighted by molar-refractivity contribution is 0.0951. The van der Waals surface area contributed by atoms with Gasteiger partial charge in [-0.3, -0.25) is 14.5 Å². The number of benzene rings is 1. The van der Waals surface area contributed by atoms with Gasteiger partial charge in [-0.15, -0.1) is 0 Å². The zero-order chi connectivity index (χ0) is 16.2. The molecule has 22 heavy (non-hydrogen) atoms. The predicted molar refractivity (Wildman–Crippen MR) is 85.1 cm³/mol. The van der Waals surface area contributed by atoms with Gasteiger partial charge in [-0.2, -0.15) is 0 Å². The van der Waals surface area contributed by atoms with Gasteiger partial charge in [0.2, 0.25) is 10.0 Å². The number of aryl methyl sites for hydroxylation is 1. The first kappa shape index (κ1) is 16.0. The Hall–Kier alpha value is -2.41. The van der Waals surface area contributed by atoms with E-state index in [4.69, 9.17) is 0 Å². The Bertz CT molecular complexity index is 774. The third-order valence-electron chi connectivity index (χ3n) is 3.00. The van der Waals surface area contributed by atoms with Crippen LogP contribution in [0.4, 0.5) is 5.69 Å². The third-order valence-corrected chi connectivity index (χ3v) is 3.59. The van der Waals surface area contributed by atoms with Crippen LogP contribution in [0.3, 0.4) is 0 Å². The standard InChI is InChI=1S/C15H17N3O3S/c1-11-3-4-13(9-14(11)18-22(2,20)21)15(19)17-10-12-5-7-16-8-6-12/h3-9,18H,10H2,1-2H3,(H,17,19). The summed E-state index contributed by atoms with van der Waals surface area (Å²) in [7, 11) is -3.39. The van der Waals surface area contributed by atoms with Crippen molar-refractivity contribution in [3.8, 4) is 0 Å². The maximum absolute atomic E-state index is 12.1. The molecule has 0 aliphatic carbocycles. The number of rotatable bonds is 5. The lowest BCUT2D eigenvalue weighted by atomic mass is 10.1. The minimum atomic E-state index is -3.39. The average Bonchev–Trinajstić information content (AvgIpc) is 2.47. The van der Waals surface area contributed by atoms with Crippen molar-refractivity contribution in [3.63, 3.8) is 0 Å². The van der Waals surface area contributed by atoms with Crippen LogP contribution in [0.25, 0.3) is 0 Å². The maximum atomic E-state index is 12.1. The molecule has 6 nitrogen and oxygen atoms in total. The van der Waals surface area contributed by atoms with Gasteiger partial charge in [0.25, 0.3) is 5.91 Å². The Morgan fingerprint density at radius 2 is 1.86 bits per heavy atom. The number of hydrogen-bond donors (Lipinski definition) is 2. The van der Waals surface area contributed by atoms with Crippen LogP contribution in [0.5, 0.6) is 0 Å². The number of sulfonamides is 1. The van der Waals surface area contributed by atoms with Crippen LogP contribution in [0, 0.1) is 6.92 Å². The quantitative estimate of drug-likeness (QED) is 0.878. The van der Waals surface area contributed by atoms with Crippen molar-refractivity contribution in [2.24, 2.45) is 0 Å². The van der Waals surface area contributed by atoms with Crippen molar-refractivity contribution in [2.45, 2.75) is 13.5 Å². The van der Waals surface area contributed by atoms with Gasteiger partial charge in [0.15, 0.2) is 0 Å². The Labute approximate surface area is 129 Å². The molecule has 2 rings (SSSR count). The highest BCUT2D eigenvalue weighted by Crippen LogP contribution is 2.18. The van der Waals surface area contributed by atoms with Gasteiger partial charge in [0.05, 0.1) is 11.9 Å². The zero-order valence-electron chi connectivity index (χ0n) is 12.3. The summed E-state index contributed by atoms with van der Waals surface area (Å²) in [5.41, 5.74) is 2.48. The molecule has 0 aliphatic rings. The van der Waals surface area contributed by atoms with E-state index in [1.54, 1.807) is 31.5 Å². The summed E-state index contributed by atoms with van der Waals surface area (Å²) in [5.74, 6) is -0.270. The number of carbonyl (C=O) groups is 1. The van der Waals surface area contributed by atoms with Crippen molar-refractivity contribution in [3.05, 3.63) is 59.4 Å². The molecule has 1 amide bonds. The Kier molecular flexibility index (Phi) is 4.77. The summed E-state index contributed by atoms with van der Waals surface area (Å²) < 4.78 is 25.1. The molecule has 0 fully saturated rings. The molecule has 0 saturated carbocycles. The van der Waals surface area contributed by atoms with Gasteiger partial charge in [0.1, 0.15) is 0 Å². The summed E-state index contributed by atoms with van der Waals surface area (Å²) in [4.78, 5) is 16.1. The maximum Gasteiger partial charge on any atom is 0.251 e. The molecule has 2 N–H and O–H groups in total. The first-order chi connectivity index (χ1) is 10.3. The number of nitrogens with zero attached hydrogens (tertiary/aromatic N) is 1. The van der Waals surface area contributed by atoms with E-state index in [0.29, 0.717) is 17.8 Å². The molecule has 0 saturated heterocycles. The smallest absolute Gasteiger partial charge is 0.251 e. The van der Waals surface area contributed by atoms with E-state index in [1.807, 2.05) is 12.1 Å². The van der Waals surface area contributed by atoms with Gasteiger partial charge in [0, 0.05) is 24.5 Å². The molecule has 0 unspecified atom stereocenters. The Balaban J connectivity index is 2.11. The molecule has 0 atom stereocenters. The van der Waals surface area contributed by atoms with Gasteiger partial charge < -0.3 is 5.32 Å². The van der Waals surface area contributed by atoms with Crippen LogP contribution in [0.15, 0.2) is 42.7 Å². The molecule has 1 aromatic heterocycles. The van der Waals surface area contributed by atoms with E-state index < -0.39 is 10.0 Å². The van der Waals surface area contributed by atoms with E-state index in [-0.39, 0.29) is 5.91 Å². The molecular formula is C15H17N3O3S. The van der Waals surface area contributed by atoms with E-state index in [1.165, 1.54) is 6.07 Å². The van der Waals surface area contributed by atoms with Crippen molar-refractivity contribution < 1.29 is 13.2 Å². The lowest BCUT2D eigenvalue weighted by Gasteiger charge is -2.10. The zero-order valence-corrected chi connectivity index (χ0v) is 13.1. The van der Waals surface area contributed by atoms with Gasteiger partial charge >= 0.3 is 0 Å². The summed E-state index contributed by atoms with van der Waals surface area (Å²) in [6.07, 6.45) is 4.38. The van der Waals surface area contributed by atoms with E-state index >= 15 is 0 Å². The van der Waals surface area contributed by atoms with Crippen molar-refractivity contribution >= 4 is 21.6 Å². The summed E-state index contributed by atoms with van der Waals surface area (Å²) in [6.45, 7) is 2.15. The van der Waals surface area contributed by atoms with Crippen LogP contribution < -0.4 is 10.0 Å². The van der Waals surface area contributed by atoms with Crippen LogP contribution in [-0.2, 0) is 16.6 Å². The minimum Gasteiger partial charge on any atom is -0.348 e. The molecule has 2 aromatic rings. The van der Waals surface area contributed by atoms with Crippen LogP contribution in [-0.4, -0.2) is 25.6 Å². The summed E-state index contributed by atoms with van der Waals surface area (Å²) in [5, 5.41) is 2.78. The SMILES string of the molecule is Cc1ccc(C(=O)NCc2ccncc2)cc1NS(C)(=O)=O. The molecule has 0 bridgehead atoms. The Morgan fingerprint density at radius 1 is 1.18 bits per heavy atom. The van der Waals surface area contributed by atoms with Crippen LogP contribution in [0.1, 0.15) is 21.5 Å². The monoisotopic (exact) mass is 319 g/mol. The highest BCUT2D eigenvalue weighted by atomic mass is 32.2. The van der Waals surface area contributed by atoms with Crippen LogP contribution >= 0.6 is 0 Å². The molecule has 7 heteroatoms. The Morgan fingerprint density at radius 3 is 2.50 bits per heavy atom.